The highest BCUT2D eigenvalue weighted by molar-refractivity contribution is 5.68. The van der Waals surface area contributed by atoms with Crippen molar-refractivity contribution in [1.29, 1.82) is 0 Å². The number of nitrogens with one attached hydrogen (secondary N) is 1. The van der Waals surface area contributed by atoms with Crippen molar-refractivity contribution in [2.75, 3.05) is 23.8 Å². The topological polar surface area (TPSA) is 28.2 Å². The van der Waals surface area contributed by atoms with Crippen LogP contribution in [0.4, 0.5) is 17.2 Å². The molecule has 1 aliphatic rings. The van der Waals surface area contributed by atoms with Gasteiger partial charge < -0.3 is 10.2 Å². The molecule has 0 saturated carbocycles. The molecular formula is C16H19N3. The molecular weight excluding hydrogens is 234 g/mol. The molecule has 0 atom stereocenters. The van der Waals surface area contributed by atoms with Crippen LogP contribution < -0.4 is 10.2 Å². The third kappa shape index (κ3) is 2.41. The van der Waals surface area contributed by atoms with Crippen molar-refractivity contribution in [3.8, 4) is 0 Å². The first-order valence-electron chi connectivity index (χ1n) is 6.88. The van der Waals surface area contributed by atoms with Crippen molar-refractivity contribution in [2.24, 2.45) is 0 Å². The van der Waals surface area contributed by atoms with Crippen LogP contribution in [0.15, 0.2) is 42.6 Å². The van der Waals surface area contributed by atoms with Gasteiger partial charge in [-0.15, -0.1) is 0 Å². The summed E-state index contributed by atoms with van der Waals surface area (Å²) in [6.45, 7) is 1.07. The fourth-order valence-electron chi connectivity index (χ4n) is 2.68. The largest absolute Gasteiger partial charge is 0.373 e. The van der Waals surface area contributed by atoms with E-state index in [2.05, 4.69) is 51.6 Å². The first-order chi connectivity index (χ1) is 9.38. The van der Waals surface area contributed by atoms with Gasteiger partial charge in [-0.25, -0.2) is 4.98 Å². The number of nitrogens with zero attached hydrogens (tertiary/aromatic N) is 2. The van der Waals surface area contributed by atoms with Crippen molar-refractivity contribution in [3.63, 3.8) is 0 Å². The van der Waals surface area contributed by atoms with Gasteiger partial charge in [0.2, 0.25) is 0 Å². The van der Waals surface area contributed by atoms with E-state index in [0.717, 1.165) is 12.4 Å². The molecule has 1 aliphatic heterocycles. The van der Waals surface area contributed by atoms with Gasteiger partial charge in [-0.05, 0) is 37.0 Å². The van der Waals surface area contributed by atoms with Gasteiger partial charge in [0.15, 0.2) is 0 Å². The number of rotatable bonds is 2. The minimum absolute atomic E-state index is 0.916. The average molecular weight is 253 g/mol. The van der Waals surface area contributed by atoms with Crippen LogP contribution in [-0.2, 0) is 6.42 Å². The summed E-state index contributed by atoms with van der Waals surface area (Å²) in [5.41, 5.74) is 4.00. The molecule has 0 bridgehead atoms. The predicted octanol–water partition coefficient (Wildman–Crippen LogP) is 3.60. The van der Waals surface area contributed by atoms with E-state index in [0.29, 0.717) is 0 Å². The molecule has 3 nitrogen and oxygen atoms in total. The molecule has 0 aliphatic carbocycles. The Morgan fingerprint density at radius 3 is 2.95 bits per heavy atom. The molecule has 0 spiro atoms. The number of aromatic nitrogens is 1. The maximum atomic E-state index is 4.29. The second-order valence-electron chi connectivity index (χ2n) is 4.89. The molecule has 98 valence electrons. The van der Waals surface area contributed by atoms with Crippen molar-refractivity contribution in [3.05, 3.63) is 48.2 Å². The summed E-state index contributed by atoms with van der Waals surface area (Å²) >= 11 is 0. The maximum Gasteiger partial charge on any atom is 0.127 e. The molecule has 1 aromatic heterocycles. The van der Waals surface area contributed by atoms with Crippen molar-refractivity contribution >= 4 is 17.2 Å². The van der Waals surface area contributed by atoms with Gasteiger partial charge in [0.05, 0.1) is 0 Å². The van der Waals surface area contributed by atoms with Gasteiger partial charge in [0, 0.05) is 37.2 Å². The number of benzene rings is 1. The Balaban J connectivity index is 2.03. The molecule has 0 saturated heterocycles. The average Bonchev–Trinajstić information content (AvgIpc) is 2.69. The molecule has 1 N–H and O–H groups in total. The van der Waals surface area contributed by atoms with Crippen LogP contribution in [0.3, 0.4) is 0 Å². The van der Waals surface area contributed by atoms with Gasteiger partial charge in [-0.1, -0.05) is 18.2 Å². The number of pyridine rings is 1. The number of anilines is 3. The Bertz CT molecular complexity index is 565. The molecule has 0 radical (unpaired) electrons. The van der Waals surface area contributed by atoms with Crippen LogP contribution in [0.2, 0.25) is 0 Å². The number of hydrogen-bond acceptors (Lipinski definition) is 3. The van der Waals surface area contributed by atoms with E-state index in [1.54, 1.807) is 0 Å². The Kier molecular flexibility index (Phi) is 3.36. The van der Waals surface area contributed by atoms with Crippen molar-refractivity contribution < 1.29 is 0 Å². The van der Waals surface area contributed by atoms with Crippen LogP contribution in [0.25, 0.3) is 0 Å². The van der Waals surface area contributed by atoms with Crippen LogP contribution in [-0.4, -0.2) is 18.6 Å². The minimum atomic E-state index is 0.916. The first kappa shape index (κ1) is 12.0. The SMILES string of the molecule is CNc1cc(N2CCCCc3ccccc32)ccn1. The van der Waals surface area contributed by atoms with Crippen LogP contribution in [0, 0.1) is 0 Å². The van der Waals surface area contributed by atoms with Crippen molar-refractivity contribution in [2.45, 2.75) is 19.3 Å². The molecule has 2 aromatic rings. The van der Waals surface area contributed by atoms with E-state index in [1.807, 2.05) is 13.2 Å². The standard InChI is InChI=1S/C16H19N3/c1-17-16-12-14(9-10-18-16)19-11-5-4-7-13-6-2-3-8-15(13)19/h2-3,6,8-10,12H,4-5,7,11H2,1H3,(H,17,18). The lowest BCUT2D eigenvalue weighted by Gasteiger charge is -2.25. The predicted molar refractivity (Wildman–Crippen MR) is 80.2 cm³/mol. The molecule has 19 heavy (non-hydrogen) atoms. The zero-order valence-corrected chi connectivity index (χ0v) is 11.3. The van der Waals surface area contributed by atoms with Gasteiger partial charge in [-0.2, -0.15) is 0 Å². The quantitative estimate of drug-likeness (QED) is 0.886. The molecule has 0 amide bonds. The summed E-state index contributed by atoms with van der Waals surface area (Å²) in [6.07, 6.45) is 5.54. The van der Waals surface area contributed by atoms with Crippen LogP contribution in [0.1, 0.15) is 18.4 Å². The Morgan fingerprint density at radius 2 is 2.05 bits per heavy atom. The van der Waals surface area contributed by atoms with Gasteiger partial charge >= 0.3 is 0 Å². The third-order valence-corrected chi connectivity index (χ3v) is 3.67. The zero-order chi connectivity index (χ0) is 13.1. The lowest BCUT2D eigenvalue weighted by molar-refractivity contribution is 0.761. The first-order valence-corrected chi connectivity index (χ1v) is 6.88. The lowest BCUT2D eigenvalue weighted by Crippen LogP contribution is -2.18. The number of aryl methyl sites for hydroxylation is 1. The normalized spacial score (nSPS) is 14.7. The smallest absolute Gasteiger partial charge is 0.127 e. The highest BCUT2D eigenvalue weighted by Gasteiger charge is 2.16. The Labute approximate surface area is 114 Å². The third-order valence-electron chi connectivity index (χ3n) is 3.67. The zero-order valence-electron chi connectivity index (χ0n) is 11.3. The van der Waals surface area contributed by atoms with Crippen LogP contribution >= 0.6 is 0 Å². The Morgan fingerprint density at radius 1 is 1.16 bits per heavy atom. The molecule has 0 fully saturated rings. The highest BCUT2D eigenvalue weighted by atomic mass is 15.1. The van der Waals surface area contributed by atoms with Gasteiger partial charge in [0.25, 0.3) is 0 Å². The fourth-order valence-corrected chi connectivity index (χ4v) is 2.68. The number of fused-ring (bicyclic) bond motifs is 1. The molecule has 2 heterocycles. The van der Waals surface area contributed by atoms with Gasteiger partial charge in [0.1, 0.15) is 5.82 Å². The highest BCUT2D eigenvalue weighted by Crippen LogP contribution is 2.32. The van der Waals surface area contributed by atoms with Crippen LogP contribution in [0.5, 0.6) is 0 Å². The summed E-state index contributed by atoms with van der Waals surface area (Å²) in [6, 6.07) is 12.9. The Hall–Kier alpha value is -2.03. The van der Waals surface area contributed by atoms with E-state index >= 15 is 0 Å². The van der Waals surface area contributed by atoms with E-state index < -0.39 is 0 Å². The van der Waals surface area contributed by atoms with E-state index in [9.17, 15) is 0 Å². The monoisotopic (exact) mass is 253 g/mol. The second-order valence-corrected chi connectivity index (χ2v) is 4.89. The van der Waals surface area contributed by atoms with Gasteiger partial charge in [-0.3, -0.25) is 0 Å². The summed E-state index contributed by atoms with van der Waals surface area (Å²) in [4.78, 5) is 6.70. The number of hydrogen-bond donors (Lipinski definition) is 1. The summed E-state index contributed by atoms with van der Waals surface area (Å²) in [7, 11) is 1.91. The fraction of sp³-hybridized carbons (Fsp3) is 0.312. The molecule has 3 heteroatoms. The van der Waals surface area contributed by atoms with E-state index in [4.69, 9.17) is 0 Å². The van der Waals surface area contributed by atoms with Crippen molar-refractivity contribution in [1.82, 2.24) is 4.98 Å². The summed E-state index contributed by atoms with van der Waals surface area (Å²) < 4.78 is 0. The lowest BCUT2D eigenvalue weighted by atomic mass is 10.1. The molecule has 1 aromatic carbocycles. The molecule has 0 unspecified atom stereocenters. The summed E-state index contributed by atoms with van der Waals surface area (Å²) in [5.74, 6) is 0.916. The summed E-state index contributed by atoms with van der Waals surface area (Å²) in [5, 5.41) is 3.11. The number of para-hydroxylation sites is 1. The van der Waals surface area contributed by atoms with E-state index in [1.165, 1.54) is 36.2 Å². The minimum Gasteiger partial charge on any atom is -0.373 e. The van der Waals surface area contributed by atoms with E-state index in [-0.39, 0.29) is 0 Å². The maximum absolute atomic E-state index is 4.29. The molecule has 3 rings (SSSR count). The second kappa shape index (κ2) is 5.31.